The number of nitrogens with two attached hydrogens (primary N) is 1. The number of hydrogen-bond acceptors (Lipinski definition) is 7. The average Bonchev–Trinajstić information content (AvgIpc) is 3.24. The Morgan fingerprint density at radius 2 is 1.64 bits per heavy atom. The Balaban J connectivity index is 1.07. The third kappa shape index (κ3) is 7.56. The Kier molecular flexibility index (Phi) is 10.1. The van der Waals surface area contributed by atoms with E-state index < -0.39 is 12.2 Å². The van der Waals surface area contributed by atoms with E-state index in [1.54, 1.807) is 11.0 Å². The molecular weight excluding hydrogens is 638 g/mol. The summed E-state index contributed by atoms with van der Waals surface area (Å²) >= 11 is 3.48. The molecule has 6 rings (SSSR count). The first-order valence-electron chi connectivity index (χ1n) is 16.2. The predicted molar refractivity (Wildman–Crippen MR) is 177 cm³/mol. The van der Waals surface area contributed by atoms with Gasteiger partial charge in [-0.2, -0.15) is 0 Å². The van der Waals surface area contributed by atoms with Crippen molar-refractivity contribution in [3.8, 4) is 0 Å². The summed E-state index contributed by atoms with van der Waals surface area (Å²) in [5.41, 5.74) is 9.47. The fourth-order valence-electron chi connectivity index (χ4n) is 7.07. The number of para-hydroxylation sites is 1. The summed E-state index contributed by atoms with van der Waals surface area (Å²) in [7, 11) is 0. The maximum atomic E-state index is 13.9. The van der Waals surface area contributed by atoms with Gasteiger partial charge >= 0.3 is 12.1 Å². The molecule has 4 aliphatic heterocycles. The zero-order valence-corrected chi connectivity index (χ0v) is 27.3. The van der Waals surface area contributed by atoms with Crippen LogP contribution in [0.3, 0.4) is 0 Å². The van der Waals surface area contributed by atoms with Crippen molar-refractivity contribution < 1.29 is 19.1 Å². The molecule has 4 amide bonds. The number of nitrogens with one attached hydrogen (secondary N) is 2. The largest absolute Gasteiger partial charge is 0.436 e. The molecule has 2 aromatic carbocycles. The molecule has 3 saturated heterocycles. The molecule has 2 aromatic rings. The summed E-state index contributed by atoms with van der Waals surface area (Å²) in [6.45, 7) is 6.53. The van der Waals surface area contributed by atoms with Gasteiger partial charge in [0.15, 0.2) is 6.10 Å². The normalized spacial score (nSPS) is 21.1. The van der Waals surface area contributed by atoms with Crippen LogP contribution in [0.1, 0.15) is 36.8 Å². The molecule has 12 heteroatoms. The number of nitrogens with zero attached hydrogens (tertiary/aromatic N) is 4. The molecule has 242 valence electrons. The van der Waals surface area contributed by atoms with Gasteiger partial charge in [0.25, 0.3) is 5.91 Å². The van der Waals surface area contributed by atoms with Crippen LogP contribution in [-0.2, 0) is 22.4 Å². The molecule has 0 saturated carbocycles. The van der Waals surface area contributed by atoms with Crippen LogP contribution in [0.5, 0.6) is 0 Å². The van der Waals surface area contributed by atoms with Crippen molar-refractivity contribution in [1.29, 1.82) is 0 Å². The van der Waals surface area contributed by atoms with E-state index >= 15 is 0 Å². The molecule has 4 heterocycles. The number of piperidine rings is 2. The maximum absolute atomic E-state index is 13.9. The molecule has 3 fully saturated rings. The van der Waals surface area contributed by atoms with E-state index in [2.05, 4.69) is 31.5 Å². The molecule has 0 bridgehead atoms. The van der Waals surface area contributed by atoms with Crippen LogP contribution >= 0.6 is 15.9 Å². The SMILES string of the molecule is Nc1ccc(C[C@@H](OC(=O)N2CCC(N3CCc4ccccc4NC3=O)CC2)C(=O)N2CCN(C3CCNCC3)CC2)cc1Br. The van der Waals surface area contributed by atoms with Crippen LogP contribution in [0.25, 0.3) is 0 Å². The molecule has 0 radical (unpaired) electrons. The third-order valence-electron chi connectivity index (χ3n) is 9.76. The van der Waals surface area contributed by atoms with Crippen molar-refractivity contribution in [1.82, 2.24) is 24.9 Å². The predicted octanol–water partition coefficient (Wildman–Crippen LogP) is 3.53. The van der Waals surface area contributed by atoms with Gasteiger partial charge in [0.05, 0.1) is 0 Å². The topological polar surface area (TPSA) is 123 Å². The van der Waals surface area contributed by atoms with Crippen LogP contribution in [-0.4, -0.2) is 115 Å². The molecule has 4 aliphatic rings. The third-order valence-corrected chi connectivity index (χ3v) is 10.4. The van der Waals surface area contributed by atoms with E-state index in [0.717, 1.165) is 66.7 Å². The lowest BCUT2D eigenvalue weighted by Crippen LogP contribution is -2.56. The van der Waals surface area contributed by atoms with Crippen molar-refractivity contribution in [2.45, 2.75) is 56.7 Å². The van der Waals surface area contributed by atoms with Gasteiger partial charge in [-0.25, -0.2) is 9.59 Å². The summed E-state index contributed by atoms with van der Waals surface area (Å²) in [5.74, 6) is -0.156. The lowest BCUT2D eigenvalue weighted by molar-refractivity contribution is -0.143. The first kappa shape index (κ1) is 31.6. The number of piperazine rings is 1. The van der Waals surface area contributed by atoms with E-state index in [1.807, 2.05) is 46.2 Å². The highest BCUT2D eigenvalue weighted by Gasteiger charge is 2.36. The number of anilines is 2. The van der Waals surface area contributed by atoms with Gasteiger partial charge < -0.3 is 35.8 Å². The quantitative estimate of drug-likeness (QED) is 0.399. The molecule has 0 unspecified atom stereocenters. The van der Waals surface area contributed by atoms with Crippen LogP contribution in [0.4, 0.5) is 21.0 Å². The highest BCUT2D eigenvalue weighted by Crippen LogP contribution is 2.26. The van der Waals surface area contributed by atoms with Gasteiger partial charge in [0.2, 0.25) is 0 Å². The summed E-state index contributed by atoms with van der Waals surface area (Å²) in [5, 5.41) is 6.47. The molecule has 0 aliphatic carbocycles. The average molecular weight is 683 g/mol. The first-order chi connectivity index (χ1) is 21.9. The fourth-order valence-corrected chi connectivity index (χ4v) is 7.49. The van der Waals surface area contributed by atoms with Crippen molar-refractivity contribution >= 4 is 45.3 Å². The Bertz CT molecular complexity index is 1370. The number of benzene rings is 2. The lowest BCUT2D eigenvalue weighted by Gasteiger charge is -2.41. The van der Waals surface area contributed by atoms with Gasteiger partial charge in [-0.05, 0) is 90.4 Å². The number of ether oxygens (including phenoxy) is 1. The Morgan fingerprint density at radius 1 is 0.911 bits per heavy atom. The van der Waals surface area contributed by atoms with Gasteiger partial charge in [-0.15, -0.1) is 0 Å². The monoisotopic (exact) mass is 681 g/mol. The number of urea groups is 1. The van der Waals surface area contributed by atoms with Crippen LogP contribution in [0.2, 0.25) is 0 Å². The lowest BCUT2D eigenvalue weighted by atomic mass is 10.0. The highest BCUT2D eigenvalue weighted by molar-refractivity contribution is 9.10. The molecular formula is C33H44BrN7O4. The Morgan fingerprint density at radius 3 is 2.38 bits per heavy atom. The number of likely N-dealkylation sites (tertiary alicyclic amines) is 1. The zero-order valence-electron chi connectivity index (χ0n) is 25.8. The standard InChI is InChI=1S/C33H44BrN7O4/c34-27-21-23(5-6-28(27)35)22-30(31(42)39-19-17-38(18-20-39)25-7-12-36-13-8-25)45-33(44)40-14-10-26(11-15-40)41-16-9-24-3-1-2-4-29(24)37-32(41)43/h1-6,21,25-26,30,36H,7-20,22,35H2,(H,37,43)/t30-/m1/s1. The van der Waals surface area contributed by atoms with E-state index in [4.69, 9.17) is 10.5 Å². The van der Waals surface area contributed by atoms with Crippen LogP contribution in [0, 0.1) is 0 Å². The molecule has 1 atom stereocenters. The van der Waals surface area contributed by atoms with E-state index in [0.29, 0.717) is 57.3 Å². The number of carbonyl (C=O) groups excluding carboxylic acids is 3. The minimum Gasteiger partial charge on any atom is -0.436 e. The van der Waals surface area contributed by atoms with Gasteiger partial charge in [-0.3, -0.25) is 9.69 Å². The van der Waals surface area contributed by atoms with Crippen molar-refractivity contribution in [3.63, 3.8) is 0 Å². The Labute approximate surface area is 273 Å². The smallest absolute Gasteiger partial charge is 0.410 e. The van der Waals surface area contributed by atoms with Crippen molar-refractivity contribution in [2.24, 2.45) is 0 Å². The fraction of sp³-hybridized carbons (Fsp3) is 0.545. The van der Waals surface area contributed by atoms with Gasteiger partial charge in [0, 0.05) is 80.2 Å². The Hall–Kier alpha value is -3.35. The highest BCUT2D eigenvalue weighted by atomic mass is 79.9. The van der Waals surface area contributed by atoms with Gasteiger partial charge in [-0.1, -0.05) is 24.3 Å². The summed E-state index contributed by atoms with van der Waals surface area (Å²) in [4.78, 5) is 48.4. The minimum absolute atomic E-state index is 0.0316. The summed E-state index contributed by atoms with van der Waals surface area (Å²) in [6, 6.07) is 13.9. The second kappa shape index (κ2) is 14.4. The number of rotatable bonds is 6. The molecule has 45 heavy (non-hydrogen) atoms. The van der Waals surface area contributed by atoms with E-state index in [9.17, 15) is 14.4 Å². The van der Waals surface area contributed by atoms with Crippen molar-refractivity contribution in [3.05, 3.63) is 58.1 Å². The maximum Gasteiger partial charge on any atom is 0.410 e. The number of halogens is 1. The second-order valence-electron chi connectivity index (χ2n) is 12.5. The van der Waals surface area contributed by atoms with Gasteiger partial charge in [0.1, 0.15) is 0 Å². The van der Waals surface area contributed by atoms with Crippen LogP contribution < -0.4 is 16.4 Å². The number of amides is 4. The zero-order chi connectivity index (χ0) is 31.3. The summed E-state index contributed by atoms with van der Waals surface area (Å²) < 4.78 is 6.77. The number of fused-ring (bicyclic) bond motifs is 1. The summed E-state index contributed by atoms with van der Waals surface area (Å²) in [6.07, 6.45) is 3.20. The second-order valence-corrected chi connectivity index (χ2v) is 13.4. The molecule has 0 spiro atoms. The number of nitrogen functional groups attached to an aromatic ring is 1. The van der Waals surface area contributed by atoms with Crippen LogP contribution in [0.15, 0.2) is 46.9 Å². The number of carbonyl (C=O) groups is 3. The van der Waals surface area contributed by atoms with E-state index in [1.165, 1.54) is 0 Å². The first-order valence-corrected chi connectivity index (χ1v) is 17.0. The molecule has 11 nitrogen and oxygen atoms in total. The van der Waals surface area contributed by atoms with Crippen molar-refractivity contribution in [2.75, 3.05) is 70.0 Å². The molecule has 4 N–H and O–H groups in total. The van der Waals surface area contributed by atoms with E-state index in [-0.39, 0.29) is 24.4 Å². The number of hydrogen-bond donors (Lipinski definition) is 3. The molecule has 0 aromatic heterocycles. The minimum atomic E-state index is -0.939.